The zero-order chi connectivity index (χ0) is 21.2. The lowest BCUT2D eigenvalue weighted by molar-refractivity contribution is -0.113. The number of aryl methyl sites for hydroxylation is 1. The number of nitrogens with two attached hydrogens (primary N) is 1. The number of rotatable bonds is 7. The van der Waals surface area contributed by atoms with Gasteiger partial charge in [0.05, 0.1) is 21.7 Å². The van der Waals surface area contributed by atoms with Gasteiger partial charge in [-0.3, -0.25) is 4.79 Å². The van der Waals surface area contributed by atoms with Gasteiger partial charge in [0.15, 0.2) is 5.16 Å². The molecule has 0 aliphatic carbocycles. The fraction of sp³-hybridized carbons (Fsp3) is 0.222. The van der Waals surface area contributed by atoms with E-state index in [1.165, 1.54) is 12.1 Å². The molecule has 29 heavy (non-hydrogen) atoms. The largest absolute Gasteiger partial charge is 0.325 e. The summed E-state index contributed by atoms with van der Waals surface area (Å²) in [6.07, 6.45) is 0.796. The van der Waals surface area contributed by atoms with Crippen LogP contribution in [-0.2, 0) is 21.4 Å². The maximum absolute atomic E-state index is 13.2. The van der Waals surface area contributed by atoms with Gasteiger partial charge in [0.25, 0.3) is 0 Å². The highest BCUT2D eigenvalue weighted by Gasteiger charge is 2.16. The van der Waals surface area contributed by atoms with E-state index in [9.17, 15) is 22.0 Å². The second-order valence-corrected chi connectivity index (χ2v) is 8.74. The number of benzene rings is 2. The second-order valence-electron chi connectivity index (χ2n) is 6.24. The Balaban J connectivity index is 1.81. The van der Waals surface area contributed by atoms with Crippen LogP contribution in [0.1, 0.15) is 13.3 Å². The zero-order valence-corrected chi connectivity index (χ0v) is 17.0. The van der Waals surface area contributed by atoms with E-state index in [1.807, 2.05) is 11.5 Å². The van der Waals surface area contributed by atoms with Crippen molar-refractivity contribution >= 4 is 44.4 Å². The summed E-state index contributed by atoms with van der Waals surface area (Å²) < 4.78 is 51.5. The van der Waals surface area contributed by atoms with Crippen LogP contribution in [0.15, 0.2) is 46.5 Å². The van der Waals surface area contributed by atoms with Crippen LogP contribution in [0.3, 0.4) is 0 Å². The van der Waals surface area contributed by atoms with Crippen LogP contribution < -0.4 is 10.5 Å². The molecular weight excluding hydrogens is 422 g/mol. The number of aromatic nitrogens is 2. The van der Waals surface area contributed by atoms with E-state index in [0.29, 0.717) is 28.8 Å². The standard InChI is InChI=1S/C18H18F2N4O3S2/c1-2-5-24-16-4-3-14(29(21,26)27)9-15(16)23-18(24)28-10-17(25)22-13-7-11(19)6-12(20)8-13/h3-4,6-9H,2,5,10H2,1H3,(H,22,25)(H2,21,26,27). The molecule has 7 nitrogen and oxygen atoms in total. The van der Waals surface area contributed by atoms with Gasteiger partial charge < -0.3 is 9.88 Å². The minimum Gasteiger partial charge on any atom is -0.325 e. The number of sulfonamides is 1. The predicted molar refractivity (Wildman–Crippen MR) is 107 cm³/mol. The number of nitrogens with one attached hydrogen (secondary N) is 1. The van der Waals surface area contributed by atoms with Gasteiger partial charge in [-0.1, -0.05) is 18.7 Å². The first-order valence-corrected chi connectivity index (χ1v) is 11.1. The van der Waals surface area contributed by atoms with Gasteiger partial charge in [0.2, 0.25) is 15.9 Å². The van der Waals surface area contributed by atoms with Gasteiger partial charge in [0.1, 0.15) is 11.6 Å². The number of imidazole rings is 1. The topological polar surface area (TPSA) is 107 Å². The van der Waals surface area contributed by atoms with Crippen LogP contribution in [0, 0.1) is 11.6 Å². The van der Waals surface area contributed by atoms with E-state index in [4.69, 9.17) is 5.14 Å². The first kappa shape index (κ1) is 21.2. The van der Waals surface area contributed by atoms with Crippen LogP contribution >= 0.6 is 11.8 Å². The van der Waals surface area contributed by atoms with Gasteiger partial charge in [-0.05, 0) is 36.8 Å². The molecule has 0 aliphatic heterocycles. The average molecular weight is 440 g/mol. The molecule has 0 unspecified atom stereocenters. The molecule has 1 amide bonds. The molecule has 3 N–H and O–H groups in total. The molecule has 0 aliphatic rings. The lowest BCUT2D eigenvalue weighted by Gasteiger charge is -2.08. The van der Waals surface area contributed by atoms with Crippen molar-refractivity contribution < 1.29 is 22.0 Å². The van der Waals surface area contributed by atoms with Crippen LogP contribution in [0.2, 0.25) is 0 Å². The summed E-state index contributed by atoms with van der Waals surface area (Å²) >= 11 is 1.13. The summed E-state index contributed by atoms with van der Waals surface area (Å²) in [5.74, 6) is -2.08. The molecule has 1 aromatic heterocycles. The number of primary sulfonamides is 1. The minimum absolute atomic E-state index is 0.0213. The van der Waals surface area contributed by atoms with E-state index in [1.54, 1.807) is 6.07 Å². The number of thioether (sulfide) groups is 1. The molecule has 0 radical (unpaired) electrons. The van der Waals surface area contributed by atoms with E-state index >= 15 is 0 Å². The Kier molecular flexibility index (Phi) is 6.20. The third kappa shape index (κ3) is 5.11. The van der Waals surface area contributed by atoms with Gasteiger partial charge in [-0.15, -0.1) is 0 Å². The van der Waals surface area contributed by atoms with E-state index < -0.39 is 27.6 Å². The second kappa shape index (κ2) is 8.47. The molecule has 0 bridgehead atoms. The minimum atomic E-state index is -3.86. The molecule has 0 spiro atoms. The van der Waals surface area contributed by atoms with E-state index in [-0.39, 0.29) is 16.3 Å². The molecular formula is C18H18F2N4O3S2. The number of anilines is 1. The predicted octanol–water partition coefficient (Wildman–Crippen LogP) is 3.10. The summed E-state index contributed by atoms with van der Waals surface area (Å²) in [5.41, 5.74) is 1.18. The van der Waals surface area contributed by atoms with Crippen molar-refractivity contribution in [3.63, 3.8) is 0 Å². The Morgan fingerprint density at radius 2 is 1.90 bits per heavy atom. The Morgan fingerprint density at radius 3 is 2.52 bits per heavy atom. The highest BCUT2D eigenvalue weighted by atomic mass is 32.2. The molecule has 0 saturated heterocycles. The van der Waals surface area contributed by atoms with Crippen LogP contribution in [0.25, 0.3) is 11.0 Å². The van der Waals surface area contributed by atoms with Crippen molar-refractivity contribution in [2.45, 2.75) is 29.9 Å². The van der Waals surface area contributed by atoms with Crippen molar-refractivity contribution in [3.8, 4) is 0 Å². The number of hydrogen-bond donors (Lipinski definition) is 2. The smallest absolute Gasteiger partial charge is 0.238 e. The van der Waals surface area contributed by atoms with Crippen LogP contribution in [0.5, 0.6) is 0 Å². The lowest BCUT2D eigenvalue weighted by Crippen LogP contribution is -2.15. The molecule has 3 rings (SSSR count). The highest BCUT2D eigenvalue weighted by molar-refractivity contribution is 7.99. The van der Waals surface area contributed by atoms with Crippen molar-refractivity contribution in [3.05, 3.63) is 48.0 Å². The number of halogens is 2. The van der Waals surface area contributed by atoms with Crippen molar-refractivity contribution in [2.24, 2.45) is 5.14 Å². The molecule has 154 valence electrons. The summed E-state index contributed by atoms with van der Waals surface area (Å²) in [5, 5.41) is 8.13. The number of hydrogen-bond acceptors (Lipinski definition) is 5. The molecule has 11 heteroatoms. The Labute approximate surface area is 170 Å². The van der Waals surface area contributed by atoms with Gasteiger partial charge >= 0.3 is 0 Å². The summed E-state index contributed by atoms with van der Waals surface area (Å²) in [7, 11) is -3.86. The summed E-state index contributed by atoms with van der Waals surface area (Å²) in [6, 6.07) is 7.17. The highest BCUT2D eigenvalue weighted by Crippen LogP contribution is 2.26. The molecule has 1 heterocycles. The maximum Gasteiger partial charge on any atom is 0.238 e. The quantitative estimate of drug-likeness (QED) is 0.549. The molecule has 3 aromatic rings. The van der Waals surface area contributed by atoms with Crippen molar-refractivity contribution in [2.75, 3.05) is 11.1 Å². The fourth-order valence-corrected chi connectivity index (χ4v) is 4.14. The lowest BCUT2D eigenvalue weighted by atomic mass is 10.3. The van der Waals surface area contributed by atoms with Gasteiger partial charge in [0, 0.05) is 18.3 Å². The third-order valence-electron chi connectivity index (χ3n) is 3.94. The monoisotopic (exact) mass is 440 g/mol. The summed E-state index contributed by atoms with van der Waals surface area (Å²) in [6.45, 7) is 2.59. The normalized spacial score (nSPS) is 11.7. The van der Waals surface area contributed by atoms with Crippen molar-refractivity contribution in [1.82, 2.24) is 9.55 Å². The number of carbonyl (C=O) groups excluding carboxylic acids is 1. The first-order chi connectivity index (χ1) is 13.7. The maximum atomic E-state index is 13.2. The fourth-order valence-electron chi connectivity index (χ4n) is 2.77. The Hall–Kier alpha value is -2.50. The zero-order valence-electron chi connectivity index (χ0n) is 15.4. The summed E-state index contributed by atoms with van der Waals surface area (Å²) in [4.78, 5) is 16.5. The third-order valence-corrected chi connectivity index (χ3v) is 5.83. The number of nitrogens with zero attached hydrogens (tertiary/aromatic N) is 2. The molecule has 2 aromatic carbocycles. The molecule has 0 fully saturated rings. The number of fused-ring (bicyclic) bond motifs is 1. The first-order valence-electron chi connectivity index (χ1n) is 8.59. The number of carbonyl (C=O) groups is 1. The SMILES string of the molecule is CCCn1c(SCC(=O)Nc2cc(F)cc(F)c2)nc2cc(S(N)(=O)=O)ccc21. The van der Waals surface area contributed by atoms with E-state index in [0.717, 1.165) is 30.3 Å². The number of amides is 1. The van der Waals surface area contributed by atoms with Gasteiger partial charge in [-0.2, -0.15) is 0 Å². The van der Waals surface area contributed by atoms with E-state index in [2.05, 4.69) is 10.3 Å². The van der Waals surface area contributed by atoms with Crippen LogP contribution in [0.4, 0.5) is 14.5 Å². The van der Waals surface area contributed by atoms with Gasteiger partial charge in [-0.25, -0.2) is 27.3 Å². The molecule has 0 atom stereocenters. The molecule has 0 saturated carbocycles. The Morgan fingerprint density at radius 1 is 1.21 bits per heavy atom. The van der Waals surface area contributed by atoms with Crippen molar-refractivity contribution in [1.29, 1.82) is 0 Å². The Bertz CT molecular complexity index is 1160. The van der Waals surface area contributed by atoms with Crippen LogP contribution in [-0.4, -0.2) is 29.6 Å². The average Bonchev–Trinajstić information content (AvgIpc) is 2.96.